The second-order valence-electron chi connectivity index (χ2n) is 5.65. The lowest BCUT2D eigenvalue weighted by Gasteiger charge is -2.29. The number of hydrogen-bond acceptors (Lipinski definition) is 3. The fourth-order valence-corrected chi connectivity index (χ4v) is 5.90. The highest BCUT2D eigenvalue weighted by atomic mass is 79.9. The number of para-hydroxylation sites is 2. The van der Waals surface area contributed by atoms with E-state index in [1.165, 1.54) is 18.5 Å². The molecule has 0 N–H and O–H groups in total. The molecule has 2 saturated heterocycles. The number of hydrogen-bond donors (Lipinski definition) is 0. The van der Waals surface area contributed by atoms with E-state index < -0.39 is 8.45 Å². The molecule has 117 valence electrons. The molecule has 6 heteroatoms. The molecule has 2 atom stereocenters. The SMILES string of the molecule is Brc1ccccc1O[P@@]1N(c2ccccc2)C[C@@H]2CCCN21.[B]. The van der Waals surface area contributed by atoms with Gasteiger partial charge in [0.1, 0.15) is 5.75 Å². The normalized spacial score (nSPS) is 23.4. The molecule has 0 unspecified atom stereocenters. The molecule has 3 nitrogen and oxygen atoms in total. The predicted octanol–water partition coefficient (Wildman–Crippen LogP) is 4.66. The van der Waals surface area contributed by atoms with Crippen molar-refractivity contribution in [2.45, 2.75) is 18.9 Å². The van der Waals surface area contributed by atoms with Gasteiger partial charge < -0.3 is 9.19 Å². The van der Waals surface area contributed by atoms with E-state index in [4.69, 9.17) is 4.52 Å². The maximum atomic E-state index is 6.46. The Morgan fingerprint density at radius 1 is 1.04 bits per heavy atom. The molecule has 2 aliphatic heterocycles. The maximum Gasteiger partial charge on any atom is 0.279 e. The Morgan fingerprint density at radius 2 is 1.78 bits per heavy atom. The van der Waals surface area contributed by atoms with Gasteiger partial charge in [0.05, 0.1) is 4.47 Å². The summed E-state index contributed by atoms with van der Waals surface area (Å²) in [6.07, 6.45) is 2.56. The van der Waals surface area contributed by atoms with E-state index in [9.17, 15) is 0 Å². The number of fused-ring (bicyclic) bond motifs is 1. The van der Waals surface area contributed by atoms with Crippen molar-refractivity contribution in [3.05, 3.63) is 59.1 Å². The third kappa shape index (κ3) is 3.28. The number of rotatable bonds is 3. The summed E-state index contributed by atoms with van der Waals surface area (Å²) in [7, 11) is -0.781. The smallest absolute Gasteiger partial charge is 0.279 e. The number of benzene rings is 2. The van der Waals surface area contributed by atoms with Crippen molar-refractivity contribution in [1.29, 1.82) is 0 Å². The summed E-state index contributed by atoms with van der Waals surface area (Å²) in [5.41, 5.74) is 1.26. The zero-order valence-electron chi connectivity index (χ0n) is 12.8. The van der Waals surface area contributed by atoms with Gasteiger partial charge in [-0.1, -0.05) is 30.3 Å². The first kappa shape index (κ1) is 16.8. The fraction of sp³-hybridized carbons (Fsp3) is 0.294. The Balaban J connectivity index is 0.00000156. The lowest BCUT2D eigenvalue weighted by molar-refractivity contribution is 0.431. The Bertz CT molecular complexity index is 660. The van der Waals surface area contributed by atoms with Crippen molar-refractivity contribution in [3.8, 4) is 5.75 Å². The number of nitrogens with zero attached hydrogens (tertiary/aromatic N) is 2. The third-order valence-electron chi connectivity index (χ3n) is 4.23. The average Bonchev–Trinajstić information content (AvgIpc) is 3.13. The topological polar surface area (TPSA) is 15.7 Å². The summed E-state index contributed by atoms with van der Waals surface area (Å²) in [5, 5.41) is 0. The van der Waals surface area contributed by atoms with Gasteiger partial charge in [0.25, 0.3) is 8.45 Å². The molecule has 0 saturated carbocycles. The molecule has 2 aliphatic rings. The minimum Gasteiger partial charge on any atom is -0.439 e. The Kier molecular flexibility index (Phi) is 5.30. The van der Waals surface area contributed by atoms with Crippen LogP contribution in [0.3, 0.4) is 0 Å². The van der Waals surface area contributed by atoms with Crippen molar-refractivity contribution in [2.75, 3.05) is 17.8 Å². The summed E-state index contributed by atoms with van der Waals surface area (Å²) in [4.78, 5) is 0. The first-order chi connectivity index (χ1) is 10.8. The van der Waals surface area contributed by atoms with Crippen LogP contribution in [0.5, 0.6) is 5.75 Å². The highest BCUT2D eigenvalue weighted by Crippen LogP contribution is 2.57. The van der Waals surface area contributed by atoms with Crippen molar-refractivity contribution in [3.63, 3.8) is 0 Å². The second kappa shape index (κ2) is 7.25. The molecule has 4 rings (SSSR count). The van der Waals surface area contributed by atoms with E-state index in [0.29, 0.717) is 6.04 Å². The summed E-state index contributed by atoms with van der Waals surface area (Å²) >= 11 is 3.60. The molecule has 0 aromatic heterocycles. The molecule has 3 radical (unpaired) electrons. The van der Waals surface area contributed by atoms with E-state index >= 15 is 0 Å². The van der Waals surface area contributed by atoms with Crippen LogP contribution in [-0.4, -0.2) is 32.2 Å². The van der Waals surface area contributed by atoms with Crippen molar-refractivity contribution in [1.82, 2.24) is 4.67 Å². The van der Waals surface area contributed by atoms with Crippen molar-refractivity contribution in [2.24, 2.45) is 0 Å². The standard InChI is InChI=1S/C17H18BrN2OP.B/c18-16-10-4-5-11-17(16)21-22-19-12-6-9-15(19)13-20(22)14-7-2-1-3-8-14;/h1-5,7-8,10-11,15H,6,9,12-13H2;/t15-,22+;/m0./s1. The van der Waals surface area contributed by atoms with E-state index in [0.717, 1.165) is 23.3 Å². The van der Waals surface area contributed by atoms with Gasteiger partial charge in [0.15, 0.2) is 0 Å². The van der Waals surface area contributed by atoms with Gasteiger partial charge in [-0.15, -0.1) is 0 Å². The van der Waals surface area contributed by atoms with Crippen LogP contribution in [0.25, 0.3) is 0 Å². The molecule has 0 spiro atoms. The largest absolute Gasteiger partial charge is 0.439 e. The summed E-state index contributed by atoms with van der Waals surface area (Å²) < 4.78 is 12.5. The molecule has 2 fully saturated rings. The average molecular weight is 388 g/mol. The minimum atomic E-state index is -0.781. The van der Waals surface area contributed by atoms with Crippen LogP contribution in [-0.2, 0) is 0 Å². The zero-order chi connectivity index (χ0) is 14.9. The molecular formula is C17H18BBrN2OP. The molecule has 0 bridgehead atoms. The predicted molar refractivity (Wildman–Crippen MR) is 101 cm³/mol. The minimum absolute atomic E-state index is 0. The van der Waals surface area contributed by atoms with Crippen LogP contribution in [0.4, 0.5) is 5.69 Å². The van der Waals surface area contributed by atoms with Crippen LogP contribution in [0.2, 0.25) is 0 Å². The van der Waals surface area contributed by atoms with Gasteiger partial charge >= 0.3 is 0 Å². The van der Waals surface area contributed by atoms with Crippen molar-refractivity contribution < 1.29 is 4.52 Å². The lowest BCUT2D eigenvalue weighted by atomic mass is 10.2. The van der Waals surface area contributed by atoms with Gasteiger partial charge in [-0.3, -0.25) is 0 Å². The molecule has 2 aromatic carbocycles. The van der Waals surface area contributed by atoms with Gasteiger partial charge in [-0.25, -0.2) is 4.67 Å². The first-order valence-corrected chi connectivity index (χ1v) is 9.60. The first-order valence-electron chi connectivity index (χ1n) is 7.64. The van der Waals surface area contributed by atoms with E-state index in [-0.39, 0.29) is 8.41 Å². The molecule has 0 aliphatic carbocycles. The maximum absolute atomic E-state index is 6.46. The number of halogens is 1. The molecule has 2 aromatic rings. The highest BCUT2D eigenvalue weighted by molar-refractivity contribution is 9.10. The molecule has 0 amide bonds. The van der Waals surface area contributed by atoms with Crippen molar-refractivity contribution >= 4 is 38.5 Å². The van der Waals surface area contributed by atoms with E-state index in [1.807, 2.05) is 24.3 Å². The van der Waals surface area contributed by atoms with Gasteiger partial charge in [-0.05, 0) is 53.0 Å². The van der Waals surface area contributed by atoms with Crippen LogP contribution in [0.1, 0.15) is 12.8 Å². The van der Waals surface area contributed by atoms with Crippen LogP contribution < -0.4 is 9.19 Å². The van der Waals surface area contributed by atoms with Crippen LogP contribution >= 0.6 is 24.4 Å². The van der Waals surface area contributed by atoms with E-state index in [2.05, 4.69) is 55.6 Å². The number of anilines is 1. The van der Waals surface area contributed by atoms with Gasteiger partial charge in [-0.2, -0.15) is 0 Å². The Hall–Kier alpha value is -1.03. The summed E-state index contributed by atoms with van der Waals surface area (Å²) in [6.45, 7) is 2.21. The molecule has 23 heavy (non-hydrogen) atoms. The highest BCUT2D eigenvalue weighted by Gasteiger charge is 2.45. The summed E-state index contributed by atoms with van der Waals surface area (Å²) in [5.74, 6) is 0.932. The fourth-order valence-electron chi connectivity index (χ4n) is 3.15. The molecule has 2 heterocycles. The van der Waals surface area contributed by atoms with Crippen LogP contribution in [0.15, 0.2) is 59.1 Å². The second-order valence-corrected chi connectivity index (χ2v) is 8.19. The third-order valence-corrected chi connectivity index (χ3v) is 7.02. The zero-order valence-corrected chi connectivity index (χ0v) is 15.3. The quantitative estimate of drug-likeness (QED) is 0.562. The monoisotopic (exact) mass is 387 g/mol. The lowest BCUT2D eigenvalue weighted by Crippen LogP contribution is -2.20. The Morgan fingerprint density at radius 3 is 2.57 bits per heavy atom. The van der Waals surface area contributed by atoms with Gasteiger partial charge in [0, 0.05) is 33.2 Å². The van der Waals surface area contributed by atoms with E-state index in [1.54, 1.807) is 0 Å². The van der Waals surface area contributed by atoms with Crippen LogP contribution in [0, 0.1) is 0 Å². The van der Waals surface area contributed by atoms with Gasteiger partial charge in [0.2, 0.25) is 0 Å². The Labute approximate surface area is 149 Å². The molecular weight excluding hydrogens is 370 g/mol. The summed E-state index contributed by atoms with van der Waals surface area (Å²) in [6, 6.07) is 19.4.